The summed E-state index contributed by atoms with van der Waals surface area (Å²) >= 11 is 1.44. The predicted octanol–water partition coefficient (Wildman–Crippen LogP) is 2.02. The molecule has 0 saturated carbocycles. The summed E-state index contributed by atoms with van der Waals surface area (Å²) in [5.41, 5.74) is 2.07. The third-order valence-electron chi connectivity index (χ3n) is 3.23. The van der Waals surface area contributed by atoms with Crippen LogP contribution >= 0.6 is 11.5 Å². The Morgan fingerprint density at radius 1 is 1.40 bits per heavy atom. The molecule has 2 aromatic heterocycles. The Morgan fingerprint density at radius 2 is 2.20 bits per heavy atom. The molecule has 1 unspecified atom stereocenters. The van der Waals surface area contributed by atoms with Gasteiger partial charge in [0.25, 0.3) is 0 Å². The normalized spacial score (nSPS) is 12.6. The molecule has 2 aromatic rings. The third-order valence-corrected chi connectivity index (χ3v) is 4.06. The fourth-order valence-electron chi connectivity index (χ4n) is 2.28. The first-order chi connectivity index (χ1) is 9.76. The number of nitrogens with zero attached hydrogens (tertiary/aromatic N) is 4. The lowest BCUT2D eigenvalue weighted by Gasteiger charge is -2.19. The lowest BCUT2D eigenvalue weighted by molar-refractivity contribution is 0.400. The maximum Gasteiger partial charge on any atom is 0.161 e. The van der Waals surface area contributed by atoms with Gasteiger partial charge in [-0.1, -0.05) is 18.3 Å². The van der Waals surface area contributed by atoms with Gasteiger partial charge in [-0.15, -0.1) is 5.10 Å². The third kappa shape index (κ3) is 2.69. The van der Waals surface area contributed by atoms with Crippen molar-refractivity contribution in [2.24, 2.45) is 0 Å². The van der Waals surface area contributed by atoms with Crippen LogP contribution in [-0.4, -0.2) is 33.0 Å². The second kappa shape index (κ2) is 6.81. The highest BCUT2D eigenvalue weighted by atomic mass is 32.1. The molecule has 1 N–H and O–H groups in total. The quantitative estimate of drug-likeness (QED) is 0.846. The van der Waals surface area contributed by atoms with Crippen LogP contribution in [0.1, 0.15) is 43.1 Å². The van der Waals surface area contributed by atoms with E-state index in [9.17, 15) is 0 Å². The first-order valence-corrected chi connectivity index (χ1v) is 7.68. The zero-order chi connectivity index (χ0) is 14.5. The van der Waals surface area contributed by atoms with Crippen molar-refractivity contribution in [1.29, 1.82) is 0 Å². The SMILES string of the molecule is CCNC(c1snnc1CC)c1c(OC)cnn1CC. The van der Waals surface area contributed by atoms with E-state index in [1.54, 1.807) is 13.3 Å². The van der Waals surface area contributed by atoms with Gasteiger partial charge in [0, 0.05) is 6.54 Å². The molecular formula is C13H21N5OS. The maximum absolute atomic E-state index is 5.47. The van der Waals surface area contributed by atoms with Gasteiger partial charge in [-0.25, -0.2) is 0 Å². The van der Waals surface area contributed by atoms with Crippen LogP contribution in [0.4, 0.5) is 0 Å². The number of ether oxygens (including phenoxy) is 1. The van der Waals surface area contributed by atoms with Crippen LogP contribution in [0.25, 0.3) is 0 Å². The fraction of sp³-hybridized carbons (Fsp3) is 0.615. The van der Waals surface area contributed by atoms with Gasteiger partial charge in [-0.05, 0) is 31.4 Å². The Hall–Kier alpha value is -1.47. The van der Waals surface area contributed by atoms with Crippen molar-refractivity contribution in [2.45, 2.75) is 39.8 Å². The van der Waals surface area contributed by atoms with Gasteiger partial charge in [0.15, 0.2) is 5.75 Å². The van der Waals surface area contributed by atoms with E-state index in [0.717, 1.165) is 41.5 Å². The molecule has 110 valence electrons. The molecule has 20 heavy (non-hydrogen) atoms. The van der Waals surface area contributed by atoms with Gasteiger partial charge < -0.3 is 10.1 Å². The summed E-state index contributed by atoms with van der Waals surface area (Å²) in [4.78, 5) is 1.14. The second-order valence-corrected chi connectivity index (χ2v) is 5.13. The van der Waals surface area contributed by atoms with E-state index in [0.29, 0.717) is 0 Å². The van der Waals surface area contributed by atoms with Gasteiger partial charge in [0.1, 0.15) is 5.69 Å². The summed E-state index contributed by atoms with van der Waals surface area (Å²) in [6, 6.07) is 0.0207. The van der Waals surface area contributed by atoms with Gasteiger partial charge in [-0.3, -0.25) is 4.68 Å². The van der Waals surface area contributed by atoms with Crippen LogP contribution < -0.4 is 10.1 Å². The van der Waals surface area contributed by atoms with E-state index < -0.39 is 0 Å². The topological polar surface area (TPSA) is 64.9 Å². The summed E-state index contributed by atoms with van der Waals surface area (Å²) in [6.07, 6.45) is 2.64. The average molecular weight is 295 g/mol. The number of rotatable bonds is 7. The van der Waals surface area contributed by atoms with Gasteiger partial charge in [0.05, 0.1) is 29.9 Å². The summed E-state index contributed by atoms with van der Waals surface area (Å²) < 4.78 is 11.5. The molecule has 7 heteroatoms. The van der Waals surface area contributed by atoms with E-state index in [1.807, 2.05) is 4.68 Å². The molecule has 1 atom stereocenters. The molecule has 0 radical (unpaired) electrons. The van der Waals surface area contributed by atoms with E-state index in [2.05, 4.69) is 40.8 Å². The summed E-state index contributed by atoms with van der Waals surface area (Å²) in [5.74, 6) is 0.799. The van der Waals surface area contributed by atoms with Crippen LogP contribution in [0.15, 0.2) is 6.20 Å². The van der Waals surface area contributed by atoms with Crippen molar-refractivity contribution < 1.29 is 4.74 Å². The molecule has 0 aliphatic heterocycles. The molecule has 2 rings (SSSR count). The number of aromatic nitrogens is 4. The first-order valence-electron chi connectivity index (χ1n) is 6.90. The average Bonchev–Trinajstić information content (AvgIpc) is 3.10. The van der Waals surface area contributed by atoms with E-state index >= 15 is 0 Å². The number of nitrogens with one attached hydrogen (secondary N) is 1. The predicted molar refractivity (Wildman–Crippen MR) is 79.3 cm³/mol. The van der Waals surface area contributed by atoms with E-state index in [-0.39, 0.29) is 6.04 Å². The monoisotopic (exact) mass is 295 g/mol. The van der Waals surface area contributed by atoms with E-state index in [4.69, 9.17) is 4.74 Å². The van der Waals surface area contributed by atoms with Gasteiger partial charge >= 0.3 is 0 Å². The minimum Gasteiger partial charge on any atom is -0.493 e. The molecule has 2 heterocycles. The molecule has 0 aromatic carbocycles. The molecule has 0 aliphatic rings. The molecule has 6 nitrogen and oxygen atoms in total. The largest absolute Gasteiger partial charge is 0.493 e. The Morgan fingerprint density at radius 3 is 2.80 bits per heavy atom. The van der Waals surface area contributed by atoms with Crippen LogP contribution in [0, 0.1) is 0 Å². The van der Waals surface area contributed by atoms with Crippen LogP contribution in [-0.2, 0) is 13.0 Å². The highest BCUT2D eigenvalue weighted by Crippen LogP contribution is 2.33. The number of methoxy groups -OCH3 is 1. The van der Waals surface area contributed by atoms with Crippen molar-refractivity contribution in [2.75, 3.05) is 13.7 Å². The van der Waals surface area contributed by atoms with Crippen molar-refractivity contribution >= 4 is 11.5 Å². The zero-order valence-corrected chi connectivity index (χ0v) is 13.2. The Balaban J connectivity index is 2.50. The number of aryl methyl sites for hydroxylation is 2. The van der Waals surface area contributed by atoms with Crippen molar-refractivity contribution in [3.8, 4) is 5.75 Å². The van der Waals surface area contributed by atoms with Gasteiger partial charge in [0.2, 0.25) is 0 Å². The molecule has 0 bridgehead atoms. The molecule has 0 aliphatic carbocycles. The molecule has 0 saturated heterocycles. The van der Waals surface area contributed by atoms with Gasteiger partial charge in [-0.2, -0.15) is 5.10 Å². The summed E-state index contributed by atoms with van der Waals surface area (Å²) in [5, 5.41) is 12.1. The lowest BCUT2D eigenvalue weighted by atomic mass is 10.1. The fourth-order valence-corrected chi connectivity index (χ4v) is 3.09. The maximum atomic E-state index is 5.47. The summed E-state index contributed by atoms with van der Waals surface area (Å²) in [6.45, 7) is 7.91. The highest BCUT2D eigenvalue weighted by Gasteiger charge is 2.26. The Bertz CT molecular complexity index is 529. The van der Waals surface area contributed by atoms with Crippen LogP contribution in [0.5, 0.6) is 5.75 Å². The number of hydrogen-bond acceptors (Lipinski definition) is 6. The van der Waals surface area contributed by atoms with Crippen molar-refractivity contribution in [3.05, 3.63) is 22.5 Å². The molecule has 0 fully saturated rings. The van der Waals surface area contributed by atoms with Crippen molar-refractivity contribution in [3.63, 3.8) is 0 Å². The molecular weight excluding hydrogens is 274 g/mol. The second-order valence-electron chi connectivity index (χ2n) is 4.34. The van der Waals surface area contributed by atoms with Crippen LogP contribution in [0.2, 0.25) is 0 Å². The minimum absolute atomic E-state index is 0.0207. The summed E-state index contributed by atoms with van der Waals surface area (Å²) in [7, 11) is 1.68. The van der Waals surface area contributed by atoms with Crippen molar-refractivity contribution in [1.82, 2.24) is 24.7 Å². The minimum atomic E-state index is 0.0207. The number of hydrogen-bond donors (Lipinski definition) is 1. The highest BCUT2D eigenvalue weighted by molar-refractivity contribution is 7.05. The Kier molecular flexibility index (Phi) is 5.08. The Labute approximate surface area is 123 Å². The lowest BCUT2D eigenvalue weighted by Crippen LogP contribution is -2.25. The molecule has 0 spiro atoms. The molecule has 0 amide bonds. The van der Waals surface area contributed by atoms with E-state index in [1.165, 1.54) is 11.5 Å². The van der Waals surface area contributed by atoms with Crippen LogP contribution in [0.3, 0.4) is 0 Å². The standard InChI is InChI=1S/C13H21N5OS/c1-5-9-13(20-17-16-9)11(14-6-2)12-10(19-4)8-15-18(12)7-3/h8,11,14H,5-7H2,1-4H3. The zero-order valence-electron chi connectivity index (χ0n) is 12.4. The first kappa shape index (κ1) is 14.9. The smallest absolute Gasteiger partial charge is 0.161 e.